The number of allylic oxidation sites excluding steroid dienone is 1. The summed E-state index contributed by atoms with van der Waals surface area (Å²) >= 11 is 0. The van der Waals surface area contributed by atoms with Crippen LogP contribution in [0, 0.1) is 0 Å². The molecular formula is C18H12O5. The van der Waals surface area contributed by atoms with E-state index < -0.39 is 5.78 Å². The van der Waals surface area contributed by atoms with Gasteiger partial charge in [0.05, 0.1) is 24.5 Å². The Labute approximate surface area is 131 Å². The van der Waals surface area contributed by atoms with E-state index in [1.807, 2.05) is 0 Å². The molecule has 0 aliphatic heterocycles. The van der Waals surface area contributed by atoms with Crippen molar-refractivity contribution in [3.8, 4) is 5.75 Å². The van der Waals surface area contributed by atoms with E-state index in [2.05, 4.69) is 6.58 Å². The SMILES string of the molecule is C=C(C)c1cc2c(o1)C(=O)c1c(cc3ccoc3c1OC)C2=O. The van der Waals surface area contributed by atoms with Crippen LogP contribution in [0.25, 0.3) is 16.5 Å². The number of hydrogen-bond acceptors (Lipinski definition) is 5. The van der Waals surface area contributed by atoms with Crippen molar-refractivity contribution in [3.05, 3.63) is 59.3 Å². The van der Waals surface area contributed by atoms with Crippen LogP contribution < -0.4 is 4.74 Å². The lowest BCUT2D eigenvalue weighted by Gasteiger charge is -2.16. The summed E-state index contributed by atoms with van der Waals surface area (Å²) in [6.45, 7) is 5.53. The van der Waals surface area contributed by atoms with Gasteiger partial charge in [0, 0.05) is 10.9 Å². The van der Waals surface area contributed by atoms with Gasteiger partial charge in [0.1, 0.15) is 5.76 Å². The molecule has 114 valence electrons. The molecule has 2 aromatic heterocycles. The summed E-state index contributed by atoms with van der Waals surface area (Å²) in [5.74, 6) is 0.0288. The molecule has 0 N–H and O–H groups in total. The molecule has 0 unspecified atom stereocenters. The van der Waals surface area contributed by atoms with Crippen LogP contribution in [0.5, 0.6) is 5.75 Å². The minimum Gasteiger partial charge on any atom is -0.492 e. The van der Waals surface area contributed by atoms with Crippen LogP contribution in [0.3, 0.4) is 0 Å². The molecule has 0 fully saturated rings. The smallest absolute Gasteiger partial charge is 0.233 e. The van der Waals surface area contributed by atoms with Gasteiger partial charge in [-0.3, -0.25) is 9.59 Å². The van der Waals surface area contributed by atoms with Gasteiger partial charge in [-0.1, -0.05) is 6.58 Å². The average molecular weight is 308 g/mol. The second kappa shape index (κ2) is 4.46. The second-order valence-corrected chi connectivity index (χ2v) is 5.46. The Bertz CT molecular complexity index is 1020. The zero-order valence-electron chi connectivity index (χ0n) is 12.6. The maximum absolute atomic E-state index is 12.8. The van der Waals surface area contributed by atoms with Crippen molar-refractivity contribution in [2.45, 2.75) is 6.92 Å². The fourth-order valence-electron chi connectivity index (χ4n) is 2.88. The van der Waals surface area contributed by atoms with E-state index in [9.17, 15) is 9.59 Å². The molecular weight excluding hydrogens is 296 g/mol. The Morgan fingerprint density at radius 3 is 2.65 bits per heavy atom. The first-order valence-electron chi connectivity index (χ1n) is 7.00. The van der Waals surface area contributed by atoms with Crippen molar-refractivity contribution in [1.82, 2.24) is 0 Å². The van der Waals surface area contributed by atoms with E-state index in [-0.39, 0.29) is 28.4 Å². The maximum atomic E-state index is 12.8. The lowest BCUT2D eigenvalue weighted by molar-refractivity contribution is 0.0957. The first-order chi connectivity index (χ1) is 11.0. The number of benzene rings is 1. The van der Waals surface area contributed by atoms with Crippen molar-refractivity contribution in [2.24, 2.45) is 0 Å². The Kier molecular flexibility index (Phi) is 2.63. The summed E-state index contributed by atoms with van der Waals surface area (Å²) in [6, 6.07) is 4.93. The van der Waals surface area contributed by atoms with Gasteiger partial charge in [-0.05, 0) is 30.7 Å². The molecule has 5 nitrogen and oxygen atoms in total. The van der Waals surface area contributed by atoms with Gasteiger partial charge in [-0.25, -0.2) is 0 Å². The predicted octanol–water partition coefficient (Wildman–Crippen LogP) is 3.84. The highest BCUT2D eigenvalue weighted by molar-refractivity contribution is 6.30. The van der Waals surface area contributed by atoms with Crippen LogP contribution in [0.15, 0.2) is 39.9 Å². The van der Waals surface area contributed by atoms with E-state index in [1.54, 1.807) is 25.1 Å². The predicted molar refractivity (Wildman–Crippen MR) is 83.0 cm³/mol. The van der Waals surface area contributed by atoms with Gasteiger partial charge in [0.2, 0.25) is 5.78 Å². The summed E-state index contributed by atoms with van der Waals surface area (Å²) < 4.78 is 16.3. The van der Waals surface area contributed by atoms with Crippen molar-refractivity contribution in [2.75, 3.05) is 7.11 Å². The summed E-state index contributed by atoms with van der Waals surface area (Å²) in [5, 5.41) is 0.703. The Morgan fingerprint density at radius 2 is 1.96 bits per heavy atom. The molecule has 1 aliphatic rings. The molecule has 23 heavy (non-hydrogen) atoms. The monoisotopic (exact) mass is 308 g/mol. The van der Waals surface area contributed by atoms with Crippen LogP contribution >= 0.6 is 0 Å². The third-order valence-corrected chi connectivity index (χ3v) is 3.98. The van der Waals surface area contributed by atoms with Crippen molar-refractivity contribution in [1.29, 1.82) is 0 Å². The lowest BCUT2D eigenvalue weighted by Crippen LogP contribution is -2.20. The summed E-state index contributed by atoms with van der Waals surface area (Å²) in [5.41, 5.74) is 1.80. The Balaban J connectivity index is 2.07. The fraction of sp³-hybridized carbons (Fsp3) is 0.111. The van der Waals surface area contributed by atoms with E-state index in [0.29, 0.717) is 27.9 Å². The van der Waals surface area contributed by atoms with Crippen molar-refractivity contribution in [3.63, 3.8) is 0 Å². The van der Waals surface area contributed by atoms with Crippen LogP contribution in [-0.4, -0.2) is 18.7 Å². The molecule has 0 saturated heterocycles. The van der Waals surface area contributed by atoms with E-state index in [1.165, 1.54) is 13.4 Å². The van der Waals surface area contributed by atoms with Crippen molar-refractivity contribution < 1.29 is 23.2 Å². The lowest BCUT2D eigenvalue weighted by atomic mass is 9.87. The topological polar surface area (TPSA) is 69.7 Å². The van der Waals surface area contributed by atoms with Crippen LogP contribution in [0.4, 0.5) is 0 Å². The molecule has 0 bridgehead atoms. The standard InChI is InChI=1S/C18H12O5/c1-8(2)12-7-11-14(19)10-6-9-4-5-22-16(9)18(21-3)13(10)15(20)17(11)23-12/h4-7H,1H2,2-3H3. The molecule has 5 heteroatoms. The van der Waals surface area contributed by atoms with Gasteiger partial charge in [0.15, 0.2) is 22.9 Å². The third kappa shape index (κ3) is 1.67. The fourth-order valence-corrected chi connectivity index (χ4v) is 2.88. The van der Waals surface area contributed by atoms with E-state index in [0.717, 1.165) is 0 Å². The molecule has 0 radical (unpaired) electrons. The molecule has 0 spiro atoms. The molecule has 0 amide bonds. The van der Waals surface area contributed by atoms with E-state index >= 15 is 0 Å². The Morgan fingerprint density at radius 1 is 1.17 bits per heavy atom. The molecule has 2 heterocycles. The van der Waals surface area contributed by atoms with Crippen LogP contribution in [0.1, 0.15) is 44.7 Å². The number of carbonyl (C=O) groups excluding carboxylic acids is 2. The van der Waals surface area contributed by atoms with Crippen LogP contribution in [-0.2, 0) is 0 Å². The molecule has 1 aliphatic carbocycles. The minimum atomic E-state index is -0.391. The third-order valence-electron chi connectivity index (χ3n) is 3.98. The van der Waals surface area contributed by atoms with Crippen LogP contribution in [0.2, 0.25) is 0 Å². The maximum Gasteiger partial charge on any atom is 0.233 e. The summed E-state index contributed by atoms with van der Waals surface area (Å²) in [7, 11) is 1.44. The number of ketones is 2. The zero-order valence-corrected chi connectivity index (χ0v) is 12.6. The molecule has 3 aromatic rings. The van der Waals surface area contributed by atoms with Gasteiger partial charge >= 0.3 is 0 Å². The number of carbonyl (C=O) groups is 2. The van der Waals surface area contributed by atoms with Gasteiger partial charge < -0.3 is 13.6 Å². The molecule has 0 saturated carbocycles. The number of methoxy groups -OCH3 is 1. The largest absolute Gasteiger partial charge is 0.492 e. The first kappa shape index (κ1) is 13.6. The quantitative estimate of drug-likeness (QED) is 0.562. The first-order valence-corrected chi connectivity index (χ1v) is 7.00. The number of furan rings is 2. The van der Waals surface area contributed by atoms with Crippen molar-refractivity contribution >= 4 is 28.1 Å². The number of ether oxygens (including phenoxy) is 1. The summed E-state index contributed by atoms with van der Waals surface area (Å²) in [6.07, 6.45) is 1.49. The summed E-state index contributed by atoms with van der Waals surface area (Å²) in [4.78, 5) is 25.6. The average Bonchev–Trinajstić information content (AvgIpc) is 3.17. The van der Waals surface area contributed by atoms with Gasteiger partial charge in [0.25, 0.3) is 0 Å². The number of fused-ring (bicyclic) bond motifs is 3. The Hall–Kier alpha value is -3.08. The van der Waals surface area contributed by atoms with Gasteiger partial charge in [-0.15, -0.1) is 0 Å². The van der Waals surface area contributed by atoms with Gasteiger partial charge in [-0.2, -0.15) is 0 Å². The zero-order chi connectivity index (χ0) is 16.3. The molecule has 0 atom stereocenters. The highest BCUT2D eigenvalue weighted by Crippen LogP contribution is 2.40. The van der Waals surface area contributed by atoms with E-state index in [4.69, 9.17) is 13.6 Å². The second-order valence-electron chi connectivity index (χ2n) is 5.46. The highest BCUT2D eigenvalue weighted by atomic mass is 16.5. The highest BCUT2D eigenvalue weighted by Gasteiger charge is 2.37. The number of hydrogen-bond donors (Lipinski definition) is 0. The molecule has 1 aromatic carbocycles. The normalized spacial score (nSPS) is 13.1. The molecule has 4 rings (SSSR count). The minimum absolute atomic E-state index is 0.0182. The number of rotatable bonds is 2.